The van der Waals surface area contributed by atoms with Crippen molar-refractivity contribution in [1.82, 2.24) is 5.32 Å². The molecule has 70 heavy (non-hydrogen) atoms. The van der Waals surface area contributed by atoms with E-state index in [0.29, 0.717) is 25.9 Å². The number of rotatable bonds is 59. The van der Waals surface area contributed by atoms with Gasteiger partial charge in [0.05, 0.1) is 25.4 Å². The molecule has 0 saturated heterocycles. The minimum Gasteiger partial charge on any atom is -0.466 e. The van der Waals surface area contributed by atoms with Gasteiger partial charge in [-0.3, -0.25) is 9.59 Å². The normalized spacial score (nSPS) is 12.7. The van der Waals surface area contributed by atoms with Gasteiger partial charge in [0, 0.05) is 12.8 Å². The molecule has 0 aromatic heterocycles. The number of esters is 1. The SMILES string of the molecule is CCCCCCCCC/C=C\CCCCCCCC(=O)OCCCCCCCCCCCCCC/C=C\CCCCCCCCCCC(=O)NC(CO)C(O)CCCCCCCCCCCCCCC. The Balaban J connectivity index is 3.39. The lowest BCUT2D eigenvalue weighted by Gasteiger charge is -2.22. The second-order valence-electron chi connectivity index (χ2n) is 21.7. The van der Waals surface area contributed by atoms with E-state index in [1.165, 1.54) is 270 Å². The minimum atomic E-state index is -0.666. The number of nitrogens with one attached hydrogen (secondary N) is 1. The molecule has 0 bridgehead atoms. The molecule has 0 aliphatic rings. The second-order valence-corrected chi connectivity index (χ2v) is 21.7. The Labute approximate surface area is 437 Å². The first-order valence-corrected chi connectivity index (χ1v) is 31.6. The summed E-state index contributed by atoms with van der Waals surface area (Å²) >= 11 is 0. The molecule has 0 spiro atoms. The Kier molecular flexibility index (Phi) is 58.5. The molecule has 0 fully saturated rings. The molecule has 6 heteroatoms. The van der Waals surface area contributed by atoms with Crippen LogP contribution in [0.25, 0.3) is 0 Å². The molecule has 2 atom stereocenters. The molecule has 0 aromatic rings. The lowest BCUT2D eigenvalue weighted by atomic mass is 10.0. The van der Waals surface area contributed by atoms with Crippen LogP contribution < -0.4 is 5.32 Å². The Hall–Kier alpha value is -1.66. The van der Waals surface area contributed by atoms with Gasteiger partial charge in [-0.05, 0) is 77.0 Å². The summed E-state index contributed by atoms with van der Waals surface area (Å²) in [6.07, 6.45) is 73.4. The van der Waals surface area contributed by atoms with Crippen LogP contribution in [0.1, 0.15) is 348 Å². The third-order valence-corrected chi connectivity index (χ3v) is 14.7. The zero-order chi connectivity index (χ0) is 50.7. The van der Waals surface area contributed by atoms with Gasteiger partial charge in [0.15, 0.2) is 0 Å². The van der Waals surface area contributed by atoms with Crippen molar-refractivity contribution in [2.24, 2.45) is 0 Å². The van der Waals surface area contributed by atoms with Gasteiger partial charge < -0.3 is 20.3 Å². The summed E-state index contributed by atoms with van der Waals surface area (Å²) in [5.41, 5.74) is 0. The Morgan fingerprint density at radius 2 is 0.671 bits per heavy atom. The van der Waals surface area contributed by atoms with Crippen LogP contribution in [0.2, 0.25) is 0 Å². The second kappa shape index (κ2) is 59.9. The van der Waals surface area contributed by atoms with Crippen LogP contribution in [0, 0.1) is 0 Å². The van der Waals surface area contributed by atoms with E-state index in [9.17, 15) is 19.8 Å². The molecule has 2 unspecified atom stereocenters. The van der Waals surface area contributed by atoms with Gasteiger partial charge in [0.1, 0.15) is 0 Å². The maximum absolute atomic E-state index is 12.5. The number of carbonyl (C=O) groups is 2. The number of allylic oxidation sites excluding steroid dienone is 4. The number of hydrogen-bond acceptors (Lipinski definition) is 5. The molecule has 0 rings (SSSR count). The van der Waals surface area contributed by atoms with Gasteiger partial charge in [-0.1, -0.05) is 282 Å². The summed E-state index contributed by atoms with van der Waals surface area (Å²) in [4.78, 5) is 24.5. The first-order valence-electron chi connectivity index (χ1n) is 31.6. The lowest BCUT2D eigenvalue weighted by Crippen LogP contribution is -2.45. The van der Waals surface area contributed by atoms with Gasteiger partial charge >= 0.3 is 5.97 Å². The Bertz CT molecular complexity index is 1090. The molecule has 0 saturated carbocycles. The topological polar surface area (TPSA) is 95.9 Å². The third-order valence-electron chi connectivity index (χ3n) is 14.7. The highest BCUT2D eigenvalue weighted by atomic mass is 16.5. The van der Waals surface area contributed by atoms with Crippen molar-refractivity contribution in [3.8, 4) is 0 Å². The average Bonchev–Trinajstić information content (AvgIpc) is 3.36. The number of carbonyl (C=O) groups excluding carboxylic acids is 2. The van der Waals surface area contributed by atoms with Crippen LogP contribution in [0.3, 0.4) is 0 Å². The van der Waals surface area contributed by atoms with Crippen LogP contribution in [-0.2, 0) is 14.3 Å². The molecule has 3 N–H and O–H groups in total. The lowest BCUT2D eigenvalue weighted by molar-refractivity contribution is -0.143. The molecular weight excluding hydrogens is 863 g/mol. The maximum atomic E-state index is 12.5. The molecular formula is C64H123NO5. The van der Waals surface area contributed by atoms with Crippen LogP contribution in [0.15, 0.2) is 24.3 Å². The van der Waals surface area contributed by atoms with E-state index >= 15 is 0 Å². The molecule has 0 aromatic carbocycles. The molecule has 0 aliphatic heterocycles. The maximum Gasteiger partial charge on any atom is 0.305 e. The number of ether oxygens (including phenoxy) is 1. The number of amides is 1. The smallest absolute Gasteiger partial charge is 0.305 e. The van der Waals surface area contributed by atoms with E-state index in [0.717, 1.165) is 44.9 Å². The molecule has 0 radical (unpaired) electrons. The van der Waals surface area contributed by atoms with E-state index in [-0.39, 0.29) is 18.5 Å². The first-order chi connectivity index (χ1) is 34.5. The summed E-state index contributed by atoms with van der Waals surface area (Å²) in [6, 6.07) is -0.544. The highest BCUT2D eigenvalue weighted by Gasteiger charge is 2.20. The van der Waals surface area contributed by atoms with Gasteiger partial charge in [0.25, 0.3) is 0 Å². The van der Waals surface area contributed by atoms with Gasteiger partial charge in [-0.2, -0.15) is 0 Å². The number of hydrogen-bond donors (Lipinski definition) is 3. The molecule has 1 amide bonds. The van der Waals surface area contributed by atoms with Crippen molar-refractivity contribution in [2.45, 2.75) is 360 Å². The summed E-state index contributed by atoms with van der Waals surface area (Å²) in [5, 5.41) is 23.2. The molecule has 0 aliphatic carbocycles. The Morgan fingerprint density at radius 1 is 0.386 bits per heavy atom. The van der Waals surface area contributed by atoms with Gasteiger partial charge in [0.2, 0.25) is 5.91 Å². The zero-order valence-corrected chi connectivity index (χ0v) is 47.3. The van der Waals surface area contributed by atoms with Crippen molar-refractivity contribution >= 4 is 11.9 Å². The number of aliphatic hydroxyl groups is 2. The van der Waals surface area contributed by atoms with E-state index in [1.807, 2.05) is 0 Å². The number of unbranched alkanes of at least 4 members (excludes halogenated alkanes) is 44. The third kappa shape index (κ3) is 55.7. The number of aliphatic hydroxyl groups excluding tert-OH is 2. The van der Waals surface area contributed by atoms with Gasteiger partial charge in [-0.25, -0.2) is 0 Å². The average molecular weight is 987 g/mol. The fraction of sp³-hybridized carbons (Fsp3) is 0.906. The fourth-order valence-corrected chi connectivity index (χ4v) is 9.87. The van der Waals surface area contributed by atoms with E-state index < -0.39 is 12.1 Å². The molecule has 414 valence electrons. The quantitative estimate of drug-likeness (QED) is 0.0321. The van der Waals surface area contributed by atoms with Crippen LogP contribution in [0.5, 0.6) is 0 Å². The van der Waals surface area contributed by atoms with Crippen molar-refractivity contribution < 1.29 is 24.5 Å². The zero-order valence-electron chi connectivity index (χ0n) is 47.3. The van der Waals surface area contributed by atoms with E-state index in [2.05, 4.69) is 43.5 Å². The summed E-state index contributed by atoms with van der Waals surface area (Å²) < 4.78 is 5.49. The summed E-state index contributed by atoms with van der Waals surface area (Å²) in [7, 11) is 0. The van der Waals surface area contributed by atoms with Crippen molar-refractivity contribution in [3.05, 3.63) is 24.3 Å². The van der Waals surface area contributed by atoms with Crippen LogP contribution >= 0.6 is 0 Å². The monoisotopic (exact) mass is 986 g/mol. The predicted molar refractivity (Wildman–Crippen MR) is 306 cm³/mol. The van der Waals surface area contributed by atoms with Gasteiger partial charge in [-0.15, -0.1) is 0 Å². The van der Waals surface area contributed by atoms with Crippen LogP contribution in [0.4, 0.5) is 0 Å². The predicted octanol–water partition coefficient (Wildman–Crippen LogP) is 19.8. The standard InChI is InChI=1S/C64H123NO5/c1-3-5-7-9-11-13-15-17-18-30-34-38-42-46-50-54-58-64(69)70-59-55-51-47-43-39-35-31-28-26-24-22-20-19-21-23-25-27-29-33-37-41-45-49-53-57-63(68)65-61(60-66)62(67)56-52-48-44-40-36-32-16-14-12-10-8-6-4-2/h18,21,23,30,61-62,66-67H,3-17,19-20,22,24-29,31-60H2,1-2H3,(H,65,68)/b23-21-,30-18-. The summed E-state index contributed by atoms with van der Waals surface area (Å²) in [5.74, 6) is -0.0330. The fourth-order valence-electron chi connectivity index (χ4n) is 9.87. The Morgan fingerprint density at radius 3 is 1.01 bits per heavy atom. The van der Waals surface area contributed by atoms with Crippen molar-refractivity contribution in [3.63, 3.8) is 0 Å². The van der Waals surface area contributed by atoms with E-state index in [1.54, 1.807) is 0 Å². The van der Waals surface area contributed by atoms with Crippen molar-refractivity contribution in [2.75, 3.05) is 13.2 Å². The molecule has 0 heterocycles. The molecule has 6 nitrogen and oxygen atoms in total. The highest BCUT2D eigenvalue weighted by Crippen LogP contribution is 2.17. The first kappa shape index (κ1) is 68.3. The van der Waals surface area contributed by atoms with Crippen molar-refractivity contribution in [1.29, 1.82) is 0 Å². The largest absolute Gasteiger partial charge is 0.466 e. The van der Waals surface area contributed by atoms with E-state index in [4.69, 9.17) is 4.74 Å². The van der Waals surface area contributed by atoms with Crippen LogP contribution in [-0.4, -0.2) is 47.4 Å². The highest BCUT2D eigenvalue weighted by molar-refractivity contribution is 5.76. The minimum absolute atomic E-state index is 0.00551. The summed E-state index contributed by atoms with van der Waals surface area (Å²) in [6.45, 7) is 4.96.